The van der Waals surface area contributed by atoms with Crippen LogP contribution in [0.2, 0.25) is 0 Å². The molecule has 1 aliphatic carbocycles. The van der Waals surface area contributed by atoms with Gasteiger partial charge in [-0.15, -0.1) is 0 Å². The topological polar surface area (TPSA) is 13.0 Å². The summed E-state index contributed by atoms with van der Waals surface area (Å²) in [6, 6.07) is 99.5. The zero-order chi connectivity index (χ0) is 46.9. The van der Waals surface area contributed by atoms with E-state index in [0.29, 0.717) is 0 Å². The molecule has 0 radical (unpaired) electrons. The van der Waals surface area contributed by atoms with Crippen molar-refractivity contribution in [3.8, 4) is 11.1 Å². The van der Waals surface area contributed by atoms with Crippen molar-refractivity contribution < 1.29 is 0 Å². The number of benzene rings is 10. The molecule has 4 heteroatoms. The number of anilines is 11. The molecule has 0 saturated carbocycles. The van der Waals surface area contributed by atoms with Crippen molar-refractivity contribution in [3.63, 3.8) is 0 Å². The summed E-state index contributed by atoms with van der Waals surface area (Å²) in [6.07, 6.45) is 6.45. The first-order chi connectivity index (χ1) is 34.7. The van der Waals surface area contributed by atoms with Crippen molar-refractivity contribution in [3.05, 3.63) is 302 Å². The lowest BCUT2D eigenvalue weighted by Gasteiger charge is -2.31. The van der Waals surface area contributed by atoms with E-state index in [1.54, 1.807) is 0 Å². The fourth-order valence-electron chi connectivity index (χ4n) is 9.52. The first kappa shape index (κ1) is 43.5. The van der Waals surface area contributed by atoms with Crippen molar-refractivity contribution in [2.75, 3.05) is 19.6 Å². The molecule has 0 bridgehead atoms. The van der Waals surface area contributed by atoms with Gasteiger partial charge in [-0.2, -0.15) is 0 Å². The molecule has 1 aliphatic rings. The molecule has 0 unspecified atom stereocenters. The van der Waals surface area contributed by atoms with Gasteiger partial charge in [0, 0.05) is 68.3 Å². The lowest BCUT2D eigenvalue weighted by molar-refractivity contribution is 0.930. The maximum atomic E-state index is 2.40. The molecule has 4 nitrogen and oxygen atoms in total. The average molecular weight is 901 g/mol. The lowest BCUT2D eigenvalue weighted by atomic mass is 9.94. The fraction of sp³-hybridized carbons (Fsp3) is 0.0303. The lowest BCUT2D eigenvalue weighted by Crippen LogP contribution is -2.18. The monoisotopic (exact) mass is 900 g/mol. The van der Waals surface area contributed by atoms with Gasteiger partial charge >= 0.3 is 0 Å². The number of allylic oxidation sites excluding steroid dienone is 4. The maximum Gasteiger partial charge on any atom is 0.0463 e. The Morgan fingerprint density at radius 2 is 0.429 bits per heavy atom. The highest BCUT2D eigenvalue weighted by Gasteiger charge is 2.21. The normalized spacial score (nSPS) is 12.1. The van der Waals surface area contributed by atoms with Crippen LogP contribution >= 0.6 is 0 Å². The largest absolute Gasteiger partial charge is 0.314 e. The van der Waals surface area contributed by atoms with E-state index >= 15 is 0 Å². The molecular formula is C66H52N4. The first-order valence-corrected chi connectivity index (χ1v) is 24.1. The summed E-state index contributed by atoms with van der Waals surface area (Å²) in [5.74, 6) is 0. The zero-order valence-electron chi connectivity index (χ0n) is 38.9. The molecule has 0 amide bonds. The summed E-state index contributed by atoms with van der Waals surface area (Å²) in [5, 5.41) is 0. The minimum absolute atomic E-state index is 0.902. The molecule has 11 rings (SSSR count). The van der Waals surface area contributed by atoms with Crippen molar-refractivity contribution in [2.45, 2.75) is 12.8 Å². The molecule has 336 valence electrons. The Balaban J connectivity index is 0.897. The van der Waals surface area contributed by atoms with E-state index in [0.717, 1.165) is 75.4 Å². The Labute approximate surface area is 412 Å². The van der Waals surface area contributed by atoms with Crippen molar-refractivity contribution in [1.82, 2.24) is 0 Å². The third-order valence-electron chi connectivity index (χ3n) is 12.9. The highest BCUT2D eigenvalue weighted by Crippen LogP contribution is 2.42. The van der Waals surface area contributed by atoms with Crippen LogP contribution < -0.4 is 19.6 Å². The number of hydrogen-bond donors (Lipinski definition) is 0. The van der Waals surface area contributed by atoms with Gasteiger partial charge in [-0.05, 0) is 175 Å². The molecular weight excluding hydrogens is 849 g/mol. The van der Waals surface area contributed by atoms with Gasteiger partial charge in [0.25, 0.3) is 0 Å². The van der Waals surface area contributed by atoms with E-state index in [4.69, 9.17) is 0 Å². The Bertz CT molecular complexity index is 3230. The van der Waals surface area contributed by atoms with Gasteiger partial charge in [0.05, 0.1) is 0 Å². The molecule has 0 atom stereocenters. The minimum atomic E-state index is 0.902. The van der Waals surface area contributed by atoms with Gasteiger partial charge in [-0.1, -0.05) is 152 Å². The Hall–Kier alpha value is -9.12. The maximum absolute atomic E-state index is 2.40. The highest BCUT2D eigenvalue weighted by atomic mass is 15.2. The van der Waals surface area contributed by atoms with Gasteiger partial charge in [-0.25, -0.2) is 0 Å². The Morgan fingerprint density at radius 1 is 0.186 bits per heavy atom. The second-order valence-electron chi connectivity index (χ2n) is 17.4. The van der Waals surface area contributed by atoms with Crippen molar-refractivity contribution in [1.29, 1.82) is 0 Å². The molecule has 10 aromatic rings. The molecule has 0 spiro atoms. The summed E-state index contributed by atoms with van der Waals surface area (Å²) in [4.78, 5) is 9.37. The zero-order valence-corrected chi connectivity index (χ0v) is 38.9. The molecule has 0 fully saturated rings. The van der Waals surface area contributed by atoms with Crippen molar-refractivity contribution in [2.24, 2.45) is 0 Å². The Morgan fingerprint density at radius 3 is 0.743 bits per heavy atom. The van der Waals surface area contributed by atoms with Gasteiger partial charge < -0.3 is 19.6 Å². The standard InChI is InChI=1S/C66H52N4/c1-7-19-51(20-8-1)52-31-37-61(38-32-52)70(66-49-45-64(46-50-66)68(57-25-13-4-14-26-57)58-27-15-5-16-28-58)62-41-35-54(36-42-62)53-33-39-60(40-34-53)69(59-29-17-6-18-30-59)65-47-43-63(44-48-65)67(55-21-9-2-10-22-55)56-23-11-3-12-24-56/h1-33,35-39,41-50H,34,40H2. The third kappa shape index (κ3) is 9.40. The minimum Gasteiger partial charge on any atom is -0.314 e. The summed E-state index contributed by atoms with van der Waals surface area (Å²) >= 11 is 0. The summed E-state index contributed by atoms with van der Waals surface area (Å²) < 4.78 is 0. The van der Waals surface area contributed by atoms with Crippen LogP contribution in [0, 0.1) is 0 Å². The van der Waals surface area contributed by atoms with Crippen LogP contribution in [0.25, 0.3) is 16.7 Å². The van der Waals surface area contributed by atoms with Gasteiger partial charge in [0.2, 0.25) is 0 Å². The molecule has 0 aliphatic heterocycles. The average Bonchev–Trinajstić information content (AvgIpc) is 3.44. The second-order valence-corrected chi connectivity index (χ2v) is 17.4. The van der Waals surface area contributed by atoms with Crippen LogP contribution in [0.15, 0.2) is 297 Å². The summed E-state index contributed by atoms with van der Waals surface area (Å²) in [6.45, 7) is 0. The van der Waals surface area contributed by atoms with Gasteiger partial charge in [-0.3, -0.25) is 0 Å². The molecule has 0 saturated heterocycles. The van der Waals surface area contributed by atoms with E-state index < -0.39 is 0 Å². The predicted molar refractivity (Wildman–Crippen MR) is 296 cm³/mol. The molecule has 70 heavy (non-hydrogen) atoms. The quantitative estimate of drug-likeness (QED) is 0.108. The number of rotatable bonds is 14. The van der Waals surface area contributed by atoms with E-state index in [1.807, 2.05) is 0 Å². The molecule has 0 aromatic heterocycles. The van der Waals surface area contributed by atoms with Gasteiger partial charge in [0.15, 0.2) is 0 Å². The fourth-order valence-corrected chi connectivity index (χ4v) is 9.52. The van der Waals surface area contributed by atoms with E-state index in [2.05, 4.69) is 311 Å². The van der Waals surface area contributed by atoms with Crippen LogP contribution in [0.4, 0.5) is 62.6 Å². The third-order valence-corrected chi connectivity index (χ3v) is 12.9. The van der Waals surface area contributed by atoms with Crippen LogP contribution in [0.5, 0.6) is 0 Å². The first-order valence-electron chi connectivity index (χ1n) is 24.1. The molecule has 0 N–H and O–H groups in total. The summed E-state index contributed by atoms with van der Waals surface area (Å²) in [7, 11) is 0. The number of nitrogens with zero attached hydrogens (tertiary/aromatic N) is 4. The van der Waals surface area contributed by atoms with Crippen molar-refractivity contribution >= 4 is 68.1 Å². The van der Waals surface area contributed by atoms with Crippen LogP contribution in [-0.2, 0) is 0 Å². The summed E-state index contributed by atoms with van der Waals surface area (Å²) in [5.41, 5.74) is 18.4. The Kier molecular flexibility index (Phi) is 12.7. The molecule has 0 heterocycles. The van der Waals surface area contributed by atoms with Crippen LogP contribution in [0.1, 0.15) is 18.4 Å². The van der Waals surface area contributed by atoms with Gasteiger partial charge in [0.1, 0.15) is 0 Å². The van der Waals surface area contributed by atoms with Crippen LogP contribution in [-0.4, -0.2) is 0 Å². The van der Waals surface area contributed by atoms with E-state index in [1.165, 1.54) is 28.0 Å². The number of hydrogen-bond acceptors (Lipinski definition) is 4. The van der Waals surface area contributed by atoms with E-state index in [9.17, 15) is 0 Å². The molecule has 10 aromatic carbocycles. The van der Waals surface area contributed by atoms with E-state index in [-0.39, 0.29) is 0 Å². The second kappa shape index (κ2) is 20.4. The SMILES string of the molecule is C1=C(c2ccc(N(c3ccc(-c4ccccc4)cc3)c3ccc(N(c4ccccc4)c4ccccc4)cc3)cc2)CCC(N(c2ccccc2)c2ccc(N(c3ccccc3)c3ccccc3)cc2)=C1. The van der Waals surface area contributed by atoms with Crippen LogP contribution in [0.3, 0.4) is 0 Å². The highest BCUT2D eigenvalue weighted by molar-refractivity contribution is 5.84. The number of para-hydroxylation sites is 5. The smallest absolute Gasteiger partial charge is 0.0463 e. The predicted octanol–water partition coefficient (Wildman–Crippen LogP) is 18.7.